The van der Waals surface area contributed by atoms with E-state index in [-0.39, 0.29) is 11.1 Å². The lowest BCUT2D eigenvalue weighted by atomic mass is 10.1. The summed E-state index contributed by atoms with van der Waals surface area (Å²) < 4.78 is 5.49. The second-order valence-electron chi connectivity index (χ2n) is 12.2. The van der Waals surface area contributed by atoms with Crippen molar-refractivity contribution in [3.8, 4) is 0 Å². The lowest BCUT2D eigenvalue weighted by molar-refractivity contribution is 0.176. The molecule has 8 heteroatoms. The van der Waals surface area contributed by atoms with Crippen molar-refractivity contribution in [2.24, 2.45) is 0 Å². The third kappa shape index (κ3) is 8.38. The first-order valence-electron chi connectivity index (χ1n) is 12.7. The van der Waals surface area contributed by atoms with Crippen molar-refractivity contribution in [3.63, 3.8) is 0 Å². The van der Waals surface area contributed by atoms with E-state index in [0.29, 0.717) is 24.2 Å². The van der Waals surface area contributed by atoms with Crippen LogP contribution in [0.1, 0.15) is 96.9 Å². The Morgan fingerprint density at radius 2 is 0.812 bits per heavy atom. The lowest BCUT2D eigenvalue weighted by Gasteiger charge is -2.64. The van der Waals surface area contributed by atoms with Gasteiger partial charge < -0.3 is 0 Å². The van der Waals surface area contributed by atoms with Crippen LogP contribution in [0.3, 0.4) is 0 Å². The van der Waals surface area contributed by atoms with Crippen LogP contribution >= 0.6 is 16.7 Å². The Morgan fingerprint density at radius 3 is 1.00 bits per heavy atom. The zero-order chi connectivity index (χ0) is 25.0. The van der Waals surface area contributed by atoms with Crippen LogP contribution in [0.2, 0.25) is 0 Å². The predicted molar refractivity (Wildman–Crippen MR) is 147 cm³/mol. The minimum atomic E-state index is -0.523. The van der Waals surface area contributed by atoms with Crippen molar-refractivity contribution in [1.29, 1.82) is 0 Å². The minimum absolute atomic E-state index is 0.130. The Morgan fingerprint density at radius 1 is 0.562 bits per heavy atom. The van der Waals surface area contributed by atoms with Gasteiger partial charge in [0.15, 0.2) is 0 Å². The van der Waals surface area contributed by atoms with Gasteiger partial charge in [-0.05, 0) is 96.9 Å². The standard InChI is InChI=1S/C24H56N6P2/c1-19(2)27(20(3)4)17-15-25-31-29(23(9,10)11)32(30(31)24(12,13)14)26-16-18-28(21(5)6)22(7)8/h19-22,25-26H,15-18H2,1-14H3. The van der Waals surface area contributed by atoms with Gasteiger partial charge in [-0.15, -0.1) is 0 Å². The Hall–Kier alpha value is 0.620. The van der Waals surface area contributed by atoms with E-state index >= 15 is 0 Å². The molecule has 32 heavy (non-hydrogen) atoms. The van der Waals surface area contributed by atoms with E-state index in [1.165, 1.54) is 0 Å². The molecule has 2 N–H and O–H groups in total. The van der Waals surface area contributed by atoms with E-state index in [4.69, 9.17) is 0 Å². The molecule has 0 radical (unpaired) electrons. The highest BCUT2D eigenvalue weighted by atomic mass is 31.3. The molecule has 192 valence electrons. The van der Waals surface area contributed by atoms with Crippen LogP contribution in [0.5, 0.6) is 0 Å². The smallest absolute Gasteiger partial charge is 0.130 e. The monoisotopic (exact) mass is 490 g/mol. The fraction of sp³-hybridized carbons (Fsp3) is 1.00. The third-order valence-corrected chi connectivity index (χ3v) is 12.7. The average Bonchev–Trinajstić information content (AvgIpc) is 2.54. The Kier molecular flexibility index (Phi) is 12.0. The fourth-order valence-corrected chi connectivity index (χ4v) is 10.7. The van der Waals surface area contributed by atoms with Gasteiger partial charge in [0.2, 0.25) is 0 Å². The maximum atomic E-state index is 3.98. The summed E-state index contributed by atoms with van der Waals surface area (Å²) in [6.07, 6.45) is 0. The maximum Gasteiger partial charge on any atom is 0.130 e. The van der Waals surface area contributed by atoms with Crippen LogP contribution in [0.4, 0.5) is 0 Å². The molecule has 1 aliphatic rings. The summed E-state index contributed by atoms with van der Waals surface area (Å²) in [5, 5.41) is 7.96. The average molecular weight is 491 g/mol. The van der Waals surface area contributed by atoms with Gasteiger partial charge in [-0.3, -0.25) is 20.0 Å². The topological polar surface area (TPSA) is 37.0 Å². The SMILES string of the molecule is CC(C)N(CCNP1N(C(C)(C)C)P(NCCN(C(C)C)C(C)C)N1C(C)(C)C)C(C)C. The van der Waals surface area contributed by atoms with E-state index < -0.39 is 16.7 Å². The number of hydrogen-bond donors (Lipinski definition) is 2. The molecule has 0 saturated carbocycles. The van der Waals surface area contributed by atoms with Gasteiger partial charge in [-0.2, -0.15) is 0 Å². The van der Waals surface area contributed by atoms with Crippen molar-refractivity contribution in [2.45, 2.75) is 132 Å². The van der Waals surface area contributed by atoms with E-state index in [1.54, 1.807) is 0 Å². The minimum Gasteiger partial charge on any atom is -0.297 e. The Balaban J connectivity index is 2.91. The molecule has 0 aliphatic carbocycles. The number of rotatable bonds is 12. The highest BCUT2D eigenvalue weighted by molar-refractivity contribution is 7.80. The molecule has 1 fully saturated rings. The van der Waals surface area contributed by atoms with E-state index in [2.05, 4.69) is 126 Å². The van der Waals surface area contributed by atoms with E-state index in [0.717, 1.165) is 26.2 Å². The van der Waals surface area contributed by atoms with Gasteiger partial charge in [0.25, 0.3) is 0 Å². The molecule has 6 nitrogen and oxygen atoms in total. The summed E-state index contributed by atoms with van der Waals surface area (Å²) >= 11 is 0. The normalized spacial score (nSPS) is 21.8. The highest BCUT2D eigenvalue weighted by Gasteiger charge is 2.56. The molecule has 0 atom stereocenters. The van der Waals surface area contributed by atoms with Crippen molar-refractivity contribution in [3.05, 3.63) is 0 Å². The summed E-state index contributed by atoms with van der Waals surface area (Å²) in [4.78, 5) is 5.16. The van der Waals surface area contributed by atoms with E-state index in [1.807, 2.05) is 0 Å². The van der Waals surface area contributed by atoms with Crippen molar-refractivity contribution in [1.82, 2.24) is 28.9 Å². The summed E-state index contributed by atoms with van der Waals surface area (Å²) in [6, 6.07) is 2.30. The predicted octanol–water partition coefficient (Wildman–Crippen LogP) is 6.07. The summed E-state index contributed by atoms with van der Waals surface area (Å²) in [5.74, 6) is 0. The largest absolute Gasteiger partial charge is 0.297 e. The molecule has 0 amide bonds. The molecule has 1 aliphatic heterocycles. The molecule has 0 aromatic rings. The Bertz CT molecular complexity index is 470. The molecule has 0 aromatic carbocycles. The zero-order valence-corrected chi connectivity index (χ0v) is 25.6. The molecule has 0 spiro atoms. The first kappa shape index (κ1) is 30.7. The van der Waals surface area contributed by atoms with Crippen LogP contribution in [0.25, 0.3) is 0 Å². The second kappa shape index (κ2) is 12.5. The quantitative estimate of drug-likeness (QED) is 0.323. The first-order valence-corrected chi connectivity index (χ1v) is 15.2. The van der Waals surface area contributed by atoms with Crippen LogP contribution in [-0.4, -0.2) is 80.1 Å². The number of nitrogens with one attached hydrogen (secondary N) is 2. The van der Waals surface area contributed by atoms with Gasteiger partial charge >= 0.3 is 0 Å². The highest BCUT2D eigenvalue weighted by Crippen LogP contribution is 2.77. The van der Waals surface area contributed by atoms with Gasteiger partial charge in [-0.25, -0.2) is 8.88 Å². The van der Waals surface area contributed by atoms with Gasteiger partial charge in [0, 0.05) is 61.4 Å². The number of hydrogen-bond acceptors (Lipinski definition) is 6. The zero-order valence-electron chi connectivity index (χ0n) is 23.8. The lowest BCUT2D eigenvalue weighted by Crippen LogP contribution is -2.59. The summed E-state index contributed by atoms with van der Waals surface area (Å²) in [7, 11) is -1.05. The van der Waals surface area contributed by atoms with Crippen LogP contribution < -0.4 is 10.2 Å². The molecule has 1 saturated heterocycles. The third-order valence-electron chi connectivity index (χ3n) is 5.82. The van der Waals surface area contributed by atoms with Crippen molar-refractivity contribution in [2.75, 3.05) is 26.2 Å². The van der Waals surface area contributed by atoms with Crippen LogP contribution in [-0.2, 0) is 0 Å². The van der Waals surface area contributed by atoms with Crippen molar-refractivity contribution >= 4 is 16.7 Å². The van der Waals surface area contributed by atoms with Gasteiger partial charge in [0.05, 0.1) is 0 Å². The molecule has 0 aromatic heterocycles. The molecule has 1 heterocycles. The van der Waals surface area contributed by atoms with Gasteiger partial charge in [-0.1, -0.05) is 0 Å². The number of nitrogens with zero attached hydrogens (tertiary/aromatic N) is 4. The van der Waals surface area contributed by atoms with E-state index in [9.17, 15) is 0 Å². The molecule has 1 rings (SSSR count). The van der Waals surface area contributed by atoms with Gasteiger partial charge in [0.1, 0.15) is 16.7 Å². The fourth-order valence-electron chi connectivity index (χ4n) is 4.48. The summed E-state index contributed by atoms with van der Waals surface area (Å²) in [6.45, 7) is 36.9. The van der Waals surface area contributed by atoms with Crippen LogP contribution in [0.15, 0.2) is 0 Å². The van der Waals surface area contributed by atoms with Crippen LogP contribution in [0, 0.1) is 0 Å². The molecular weight excluding hydrogens is 434 g/mol. The first-order chi connectivity index (χ1) is 14.5. The van der Waals surface area contributed by atoms with Crippen molar-refractivity contribution < 1.29 is 0 Å². The summed E-state index contributed by atoms with van der Waals surface area (Å²) in [5.41, 5.74) is 0.259. The molecular formula is C24H56N6P2. The molecule has 0 bridgehead atoms. The second-order valence-corrected chi connectivity index (χ2v) is 16.2. The maximum absolute atomic E-state index is 3.98. The molecule has 0 unspecified atom stereocenters. The Labute approximate surface area is 204 Å².